The van der Waals surface area contributed by atoms with Crippen LogP contribution in [-0.2, 0) is 6.54 Å². The van der Waals surface area contributed by atoms with Crippen LogP contribution in [-0.4, -0.2) is 9.55 Å². The van der Waals surface area contributed by atoms with E-state index in [2.05, 4.69) is 40.7 Å². The molecule has 2 aromatic rings. The van der Waals surface area contributed by atoms with E-state index in [0.29, 0.717) is 5.92 Å². The zero-order valence-corrected chi connectivity index (χ0v) is 9.64. The third kappa shape index (κ3) is 1.47. The molecule has 15 heavy (non-hydrogen) atoms. The Hall–Kier alpha value is -1.22. The van der Waals surface area contributed by atoms with E-state index in [0.717, 1.165) is 6.54 Å². The summed E-state index contributed by atoms with van der Waals surface area (Å²) in [7, 11) is 0. The van der Waals surface area contributed by atoms with E-state index in [-0.39, 0.29) is 13.5 Å². The zero-order chi connectivity index (χ0) is 9.54. The minimum atomic E-state index is 0. The molecule has 1 aromatic carbocycles. The monoisotopic (exact) mass is 218 g/mol. The lowest BCUT2D eigenvalue weighted by Gasteiger charge is -2.24. The second kappa shape index (κ2) is 3.74. The Labute approximate surface area is 96.4 Å². The zero-order valence-electron chi connectivity index (χ0n) is 8.64. The predicted octanol–water partition coefficient (Wildman–Crippen LogP) is 2.78. The Kier molecular flexibility index (Phi) is 2.57. The first-order valence-corrected chi connectivity index (χ1v) is 4.95. The van der Waals surface area contributed by atoms with E-state index in [9.17, 15) is 0 Å². The average molecular weight is 218 g/mol. The van der Waals surface area contributed by atoms with Crippen LogP contribution in [0.4, 0.5) is 0 Å². The topological polar surface area (TPSA) is 17.8 Å². The fourth-order valence-corrected chi connectivity index (χ4v) is 2.24. The van der Waals surface area contributed by atoms with Gasteiger partial charge in [-0.2, -0.15) is 13.5 Å². The Balaban J connectivity index is 0.000000853. The fraction of sp³-hybridized carbons (Fsp3) is 0.250. The molecule has 3 rings (SSSR count). The maximum Gasteiger partial charge on any atom is 0.0951 e. The lowest BCUT2D eigenvalue weighted by atomic mass is 9.91. The minimum absolute atomic E-state index is 0. The van der Waals surface area contributed by atoms with Gasteiger partial charge in [-0.3, -0.25) is 0 Å². The molecule has 2 heterocycles. The van der Waals surface area contributed by atoms with Gasteiger partial charge in [-0.1, -0.05) is 31.2 Å². The highest BCUT2D eigenvalue weighted by atomic mass is 32.1. The fourth-order valence-electron chi connectivity index (χ4n) is 2.24. The average Bonchev–Trinajstić information content (AvgIpc) is 2.66. The third-order valence-electron chi connectivity index (χ3n) is 2.95. The second-order valence-corrected chi connectivity index (χ2v) is 3.92. The molecule has 1 unspecified atom stereocenters. The summed E-state index contributed by atoms with van der Waals surface area (Å²) in [5.74, 6) is 0.591. The molecule has 1 atom stereocenters. The van der Waals surface area contributed by atoms with Crippen LogP contribution in [0.5, 0.6) is 0 Å². The van der Waals surface area contributed by atoms with Gasteiger partial charge in [0, 0.05) is 12.1 Å². The van der Waals surface area contributed by atoms with Gasteiger partial charge in [-0.05, 0) is 11.5 Å². The van der Waals surface area contributed by atoms with Crippen LogP contribution in [0.15, 0.2) is 36.8 Å². The van der Waals surface area contributed by atoms with E-state index < -0.39 is 0 Å². The van der Waals surface area contributed by atoms with Crippen LogP contribution in [0.2, 0.25) is 0 Å². The molecular weight excluding hydrogens is 204 g/mol. The molecule has 0 N–H and O–H groups in total. The number of fused-ring (bicyclic) bond motifs is 3. The van der Waals surface area contributed by atoms with Crippen LogP contribution >= 0.6 is 13.5 Å². The molecule has 2 nitrogen and oxygen atoms in total. The van der Waals surface area contributed by atoms with E-state index in [1.807, 2.05) is 12.5 Å². The summed E-state index contributed by atoms with van der Waals surface area (Å²) < 4.78 is 2.23. The molecule has 78 valence electrons. The number of hydrogen-bond acceptors (Lipinski definition) is 1. The largest absolute Gasteiger partial charge is 0.330 e. The van der Waals surface area contributed by atoms with Crippen LogP contribution in [0.25, 0.3) is 11.3 Å². The van der Waals surface area contributed by atoms with Crippen molar-refractivity contribution in [3.63, 3.8) is 0 Å². The van der Waals surface area contributed by atoms with Crippen molar-refractivity contribution in [1.29, 1.82) is 0 Å². The number of nitrogens with zero attached hydrogens (tertiary/aromatic N) is 2. The van der Waals surface area contributed by atoms with Crippen LogP contribution in [0, 0.1) is 0 Å². The van der Waals surface area contributed by atoms with Gasteiger partial charge in [0.1, 0.15) is 0 Å². The van der Waals surface area contributed by atoms with Gasteiger partial charge in [0.25, 0.3) is 0 Å². The summed E-state index contributed by atoms with van der Waals surface area (Å²) in [5, 5.41) is 0. The summed E-state index contributed by atoms with van der Waals surface area (Å²) in [6.07, 6.45) is 3.87. The van der Waals surface area contributed by atoms with Crippen LogP contribution in [0.1, 0.15) is 18.4 Å². The molecule has 0 radical (unpaired) electrons. The maximum atomic E-state index is 4.20. The number of imidazole rings is 1. The van der Waals surface area contributed by atoms with E-state index in [1.165, 1.54) is 16.8 Å². The van der Waals surface area contributed by atoms with Gasteiger partial charge in [-0.25, -0.2) is 4.98 Å². The molecule has 0 spiro atoms. The Morgan fingerprint density at radius 2 is 2.13 bits per heavy atom. The molecule has 0 bridgehead atoms. The highest BCUT2D eigenvalue weighted by Gasteiger charge is 2.20. The number of aromatic nitrogens is 2. The smallest absolute Gasteiger partial charge is 0.0951 e. The normalized spacial score (nSPS) is 17.5. The van der Waals surface area contributed by atoms with Crippen molar-refractivity contribution >= 4 is 13.5 Å². The molecule has 1 aliphatic heterocycles. The molecule has 1 aromatic heterocycles. The van der Waals surface area contributed by atoms with Gasteiger partial charge < -0.3 is 4.57 Å². The molecule has 3 heteroatoms. The summed E-state index contributed by atoms with van der Waals surface area (Å²) >= 11 is 0. The molecule has 0 saturated heterocycles. The third-order valence-corrected chi connectivity index (χ3v) is 2.95. The number of hydrogen-bond donors (Lipinski definition) is 0. The summed E-state index contributed by atoms with van der Waals surface area (Å²) in [5.41, 5.74) is 4.03. The SMILES string of the molecule is CC1Cn2cncc2-c2ccccc21.S. The van der Waals surface area contributed by atoms with Crippen molar-refractivity contribution in [2.24, 2.45) is 0 Å². The van der Waals surface area contributed by atoms with Gasteiger partial charge in [-0.15, -0.1) is 0 Å². The van der Waals surface area contributed by atoms with Gasteiger partial charge >= 0.3 is 0 Å². The molecule has 1 aliphatic rings. The first-order valence-electron chi connectivity index (χ1n) is 4.95. The maximum absolute atomic E-state index is 4.20. The lowest BCUT2D eigenvalue weighted by Crippen LogP contribution is -2.13. The highest BCUT2D eigenvalue weighted by molar-refractivity contribution is 7.59. The summed E-state index contributed by atoms with van der Waals surface area (Å²) in [6.45, 7) is 3.31. The number of rotatable bonds is 0. The standard InChI is InChI=1S/C12H12N2.H2S/c1-9-7-14-8-13-6-12(14)11-5-3-2-4-10(9)11;/h2-6,8-9H,7H2,1H3;1H2. The molecule has 0 saturated carbocycles. The Bertz CT molecular complexity index is 476. The summed E-state index contributed by atoms with van der Waals surface area (Å²) in [4.78, 5) is 4.20. The number of benzene rings is 1. The quantitative estimate of drug-likeness (QED) is 0.665. The molecule has 0 aliphatic carbocycles. The highest BCUT2D eigenvalue weighted by Crippen LogP contribution is 2.34. The minimum Gasteiger partial charge on any atom is -0.330 e. The Morgan fingerprint density at radius 3 is 3.00 bits per heavy atom. The molecule has 0 fully saturated rings. The van der Waals surface area contributed by atoms with E-state index in [4.69, 9.17) is 0 Å². The summed E-state index contributed by atoms with van der Waals surface area (Å²) in [6, 6.07) is 8.60. The lowest BCUT2D eigenvalue weighted by molar-refractivity contribution is 0.586. The molecule has 0 amide bonds. The van der Waals surface area contributed by atoms with Crippen molar-refractivity contribution in [1.82, 2.24) is 9.55 Å². The first-order chi connectivity index (χ1) is 6.86. The first kappa shape index (κ1) is 10.3. The second-order valence-electron chi connectivity index (χ2n) is 3.92. The van der Waals surface area contributed by atoms with E-state index >= 15 is 0 Å². The van der Waals surface area contributed by atoms with Crippen molar-refractivity contribution in [3.8, 4) is 11.3 Å². The van der Waals surface area contributed by atoms with Gasteiger partial charge in [0.15, 0.2) is 0 Å². The Morgan fingerprint density at radius 1 is 1.33 bits per heavy atom. The van der Waals surface area contributed by atoms with Gasteiger partial charge in [0.05, 0.1) is 18.2 Å². The van der Waals surface area contributed by atoms with Crippen molar-refractivity contribution in [2.45, 2.75) is 19.4 Å². The van der Waals surface area contributed by atoms with Crippen molar-refractivity contribution < 1.29 is 0 Å². The predicted molar refractivity (Wildman–Crippen MR) is 66.5 cm³/mol. The van der Waals surface area contributed by atoms with Crippen molar-refractivity contribution in [3.05, 3.63) is 42.4 Å². The van der Waals surface area contributed by atoms with Gasteiger partial charge in [0.2, 0.25) is 0 Å². The van der Waals surface area contributed by atoms with Crippen LogP contribution in [0.3, 0.4) is 0 Å². The molecular formula is C12H14N2S. The van der Waals surface area contributed by atoms with Crippen LogP contribution < -0.4 is 0 Å². The van der Waals surface area contributed by atoms with Crippen molar-refractivity contribution in [2.75, 3.05) is 0 Å². The van der Waals surface area contributed by atoms with E-state index in [1.54, 1.807) is 0 Å².